The first kappa shape index (κ1) is 11.4. The minimum atomic E-state index is -2.84. The second-order valence-electron chi connectivity index (χ2n) is 4.18. The lowest BCUT2D eigenvalue weighted by Crippen LogP contribution is -2.13. The van der Waals surface area contributed by atoms with Crippen LogP contribution in [0.25, 0.3) is 0 Å². The van der Waals surface area contributed by atoms with E-state index in [2.05, 4.69) is 0 Å². The number of alkyl halides is 2. The Balaban J connectivity index is 2.34. The summed E-state index contributed by atoms with van der Waals surface area (Å²) in [6, 6.07) is 1.40. The Bertz CT molecular complexity index is 413. The average Bonchev–Trinajstić information content (AvgIpc) is 2.91. The molecular formula is C11H10F4O. The van der Waals surface area contributed by atoms with Crippen LogP contribution in [0.4, 0.5) is 17.6 Å². The maximum absolute atomic E-state index is 13.3. The zero-order valence-electron chi connectivity index (χ0n) is 8.31. The van der Waals surface area contributed by atoms with Gasteiger partial charge in [0.05, 0.1) is 5.60 Å². The number of aliphatic hydroxyl groups is 1. The molecule has 0 amide bonds. The molecule has 1 aromatic carbocycles. The molecule has 0 saturated heterocycles. The minimum Gasteiger partial charge on any atom is -0.390 e. The van der Waals surface area contributed by atoms with E-state index in [1.54, 1.807) is 0 Å². The fourth-order valence-corrected chi connectivity index (χ4v) is 1.60. The Morgan fingerprint density at radius 3 is 2.38 bits per heavy atom. The Morgan fingerprint density at radius 2 is 1.88 bits per heavy atom. The quantitative estimate of drug-likeness (QED) is 0.797. The van der Waals surface area contributed by atoms with Crippen LogP contribution in [0.1, 0.15) is 30.4 Å². The molecule has 0 spiro atoms. The zero-order valence-corrected chi connectivity index (χ0v) is 8.31. The molecule has 0 unspecified atom stereocenters. The third-order valence-corrected chi connectivity index (χ3v) is 2.72. The average molecular weight is 234 g/mol. The molecule has 5 heteroatoms. The lowest BCUT2D eigenvalue weighted by molar-refractivity contribution is 0.145. The maximum Gasteiger partial charge on any atom is 0.263 e. The molecule has 1 fully saturated rings. The predicted molar refractivity (Wildman–Crippen MR) is 49.2 cm³/mol. The summed E-state index contributed by atoms with van der Waals surface area (Å²) < 4.78 is 51.0. The van der Waals surface area contributed by atoms with Gasteiger partial charge in [-0.05, 0) is 30.5 Å². The first-order chi connectivity index (χ1) is 7.41. The smallest absolute Gasteiger partial charge is 0.263 e. The van der Waals surface area contributed by atoms with E-state index < -0.39 is 29.2 Å². The molecular weight excluding hydrogens is 224 g/mol. The van der Waals surface area contributed by atoms with E-state index in [9.17, 15) is 22.7 Å². The maximum atomic E-state index is 13.3. The monoisotopic (exact) mass is 234 g/mol. The second kappa shape index (κ2) is 3.73. The highest BCUT2D eigenvalue weighted by Gasteiger charge is 2.41. The molecule has 0 heterocycles. The van der Waals surface area contributed by atoms with Crippen LogP contribution in [0, 0.1) is 11.6 Å². The van der Waals surface area contributed by atoms with Crippen molar-refractivity contribution >= 4 is 0 Å². The van der Waals surface area contributed by atoms with E-state index in [1.165, 1.54) is 0 Å². The Kier molecular flexibility index (Phi) is 2.66. The first-order valence-corrected chi connectivity index (χ1v) is 4.90. The topological polar surface area (TPSA) is 20.2 Å². The number of hydrogen-bond donors (Lipinski definition) is 1. The highest BCUT2D eigenvalue weighted by molar-refractivity contribution is 5.29. The van der Waals surface area contributed by atoms with Crippen LogP contribution in [-0.4, -0.2) is 10.7 Å². The summed E-state index contributed by atoms with van der Waals surface area (Å²) in [6.45, 7) is 0. The van der Waals surface area contributed by atoms with E-state index in [4.69, 9.17) is 0 Å². The predicted octanol–water partition coefficient (Wildman–Crippen LogP) is 2.97. The Morgan fingerprint density at radius 1 is 1.25 bits per heavy atom. The highest BCUT2D eigenvalue weighted by atomic mass is 19.3. The van der Waals surface area contributed by atoms with Gasteiger partial charge in [0, 0.05) is 12.0 Å². The summed E-state index contributed by atoms with van der Waals surface area (Å²) >= 11 is 0. The minimum absolute atomic E-state index is 0.115. The molecule has 0 atom stereocenters. The van der Waals surface area contributed by atoms with Crippen LogP contribution < -0.4 is 0 Å². The number of rotatable bonds is 3. The van der Waals surface area contributed by atoms with Crippen LogP contribution in [0.2, 0.25) is 0 Å². The van der Waals surface area contributed by atoms with Crippen molar-refractivity contribution in [3.8, 4) is 0 Å². The molecule has 1 aliphatic rings. The van der Waals surface area contributed by atoms with Crippen LogP contribution in [0.3, 0.4) is 0 Å². The normalized spacial score (nSPS) is 17.9. The van der Waals surface area contributed by atoms with Crippen molar-refractivity contribution in [2.75, 3.05) is 0 Å². The van der Waals surface area contributed by atoms with Crippen LogP contribution in [0.15, 0.2) is 12.1 Å². The Labute approximate surface area is 89.7 Å². The highest BCUT2D eigenvalue weighted by Crippen LogP contribution is 2.39. The number of hydrogen-bond acceptors (Lipinski definition) is 1. The summed E-state index contributed by atoms with van der Waals surface area (Å²) in [5, 5.41) is 9.55. The van der Waals surface area contributed by atoms with Gasteiger partial charge in [-0.25, -0.2) is 17.6 Å². The van der Waals surface area contributed by atoms with E-state index in [-0.39, 0.29) is 12.0 Å². The summed E-state index contributed by atoms with van der Waals surface area (Å²) in [5.41, 5.74) is -1.78. The van der Waals surface area contributed by atoms with Crippen molar-refractivity contribution in [1.29, 1.82) is 0 Å². The largest absolute Gasteiger partial charge is 0.390 e. The molecule has 1 N–H and O–H groups in total. The number of benzene rings is 1. The third-order valence-electron chi connectivity index (χ3n) is 2.72. The fraction of sp³-hybridized carbons (Fsp3) is 0.455. The van der Waals surface area contributed by atoms with Crippen molar-refractivity contribution < 1.29 is 22.7 Å². The van der Waals surface area contributed by atoms with Gasteiger partial charge in [-0.1, -0.05) is 0 Å². The molecule has 0 bridgehead atoms. The SMILES string of the molecule is OC1(Cc2cc(C(F)F)cc(F)c2F)CC1. The standard InChI is InChI=1S/C11H10F4O/c12-8-4-6(10(14)15)3-7(9(8)13)5-11(16)1-2-11/h3-4,10,16H,1-2,5H2. The van der Waals surface area contributed by atoms with E-state index in [0.29, 0.717) is 18.9 Å². The van der Waals surface area contributed by atoms with E-state index in [0.717, 1.165) is 6.07 Å². The van der Waals surface area contributed by atoms with Crippen molar-refractivity contribution in [1.82, 2.24) is 0 Å². The van der Waals surface area contributed by atoms with Crippen molar-refractivity contribution in [3.63, 3.8) is 0 Å². The van der Waals surface area contributed by atoms with Gasteiger partial charge in [0.25, 0.3) is 6.43 Å². The molecule has 2 rings (SSSR count). The lowest BCUT2D eigenvalue weighted by atomic mass is 10.0. The molecule has 1 nitrogen and oxygen atoms in total. The van der Waals surface area contributed by atoms with Gasteiger partial charge in [0.1, 0.15) is 0 Å². The van der Waals surface area contributed by atoms with Gasteiger partial charge in [0.15, 0.2) is 11.6 Å². The summed E-state index contributed by atoms with van der Waals surface area (Å²) in [5.74, 6) is -2.44. The van der Waals surface area contributed by atoms with Gasteiger partial charge in [-0.3, -0.25) is 0 Å². The zero-order chi connectivity index (χ0) is 11.9. The second-order valence-corrected chi connectivity index (χ2v) is 4.18. The molecule has 1 aromatic rings. The third kappa shape index (κ3) is 2.19. The molecule has 88 valence electrons. The molecule has 1 saturated carbocycles. The fourth-order valence-electron chi connectivity index (χ4n) is 1.60. The van der Waals surface area contributed by atoms with Crippen LogP contribution >= 0.6 is 0 Å². The van der Waals surface area contributed by atoms with Gasteiger partial charge in [-0.2, -0.15) is 0 Å². The lowest BCUT2D eigenvalue weighted by Gasteiger charge is -2.11. The first-order valence-electron chi connectivity index (χ1n) is 4.90. The molecule has 16 heavy (non-hydrogen) atoms. The van der Waals surface area contributed by atoms with Crippen LogP contribution in [-0.2, 0) is 6.42 Å². The van der Waals surface area contributed by atoms with Crippen molar-refractivity contribution in [3.05, 3.63) is 34.9 Å². The van der Waals surface area contributed by atoms with Crippen molar-refractivity contribution in [2.24, 2.45) is 0 Å². The number of halogens is 4. The van der Waals surface area contributed by atoms with Crippen LogP contribution in [0.5, 0.6) is 0 Å². The van der Waals surface area contributed by atoms with Gasteiger partial charge in [-0.15, -0.1) is 0 Å². The molecule has 0 radical (unpaired) electrons. The van der Waals surface area contributed by atoms with E-state index >= 15 is 0 Å². The summed E-state index contributed by atoms with van der Waals surface area (Å²) in [4.78, 5) is 0. The molecule has 0 aliphatic heterocycles. The molecule has 1 aliphatic carbocycles. The molecule has 0 aromatic heterocycles. The van der Waals surface area contributed by atoms with Crippen molar-refractivity contribution in [2.45, 2.75) is 31.3 Å². The van der Waals surface area contributed by atoms with E-state index in [1.807, 2.05) is 0 Å². The summed E-state index contributed by atoms with van der Waals surface area (Å²) in [7, 11) is 0. The Hall–Kier alpha value is -1.10. The van der Waals surface area contributed by atoms with Gasteiger partial charge >= 0.3 is 0 Å². The van der Waals surface area contributed by atoms with Gasteiger partial charge < -0.3 is 5.11 Å². The summed E-state index contributed by atoms with van der Waals surface area (Å²) in [6.07, 6.45) is -1.97. The van der Waals surface area contributed by atoms with Gasteiger partial charge in [0.2, 0.25) is 0 Å².